The molecule has 0 amide bonds. The van der Waals surface area contributed by atoms with Gasteiger partial charge in [-0.05, 0) is 37.3 Å². The first-order chi connectivity index (χ1) is 16.7. The van der Waals surface area contributed by atoms with E-state index in [-0.39, 0.29) is 19.2 Å². The number of ether oxygens (including phenoxy) is 1. The average molecular weight is 525 g/mol. The predicted molar refractivity (Wildman–Crippen MR) is 128 cm³/mol. The van der Waals surface area contributed by atoms with Crippen LogP contribution >= 0.6 is 21.6 Å². The van der Waals surface area contributed by atoms with Gasteiger partial charge in [0, 0.05) is 27.7 Å². The molecule has 0 bridgehead atoms. The number of para-hydroxylation sites is 2. The van der Waals surface area contributed by atoms with Crippen molar-refractivity contribution in [2.75, 3.05) is 24.2 Å². The zero-order valence-electron chi connectivity index (χ0n) is 18.3. The van der Waals surface area contributed by atoms with Gasteiger partial charge in [-0.25, -0.2) is 17.6 Å². The van der Waals surface area contributed by atoms with Crippen LogP contribution in [0.2, 0.25) is 0 Å². The summed E-state index contributed by atoms with van der Waals surface area (Å²) >= 11 is 0. The molecule has 35 heavy (non-hydrogen) atoms. The fourth-order valence-electron chi connectivity index (χ4n) is 3.01. The van der Waals surface area contributed by atoms with Crippen molar-refractivity contribution in [3.63, 3.8) is 0 Å². The molecule has 3 rings (SSSR count). The standard InChI is InChI=1S/C24H20F4N2O3S2/c1-2-33-24(32)14(23(31)13-11-15(25)21(27)22(28)20(13)26)12-30-17-8-4-6-10-19(17)35-34-18-9-5-3-7-16(18)29/h3-11,14,30H,2,12,29H2,1H3. The second-order valence-corrected chi connectivity index (χ2v) is 9.31. The summed E-state index contributed by atoms with van der Waals surface area (Å²) in [6, 6.07) is 14.5. The van der Waals surface area contributed by atoms with Crippen LogP contribution < -0.4 is 11.1 Å². The van der Waals surface area contributed by atoms with E-state index in [4.69, 9.17) is 10.5 Å². The molecule has 0 saturated heterocycles. The third-order valence-electron chi connectivity index (χ3n) is 4.78. The molecule has 0 spiro atoms. The molecule has 0 radical (unpaired) electrons. The molecule has 1 atom stereocenters. The van der Waals surface area contributed by atoms with Crippen LogP contribution in [0.15, 0.2) is 64.4 Å². The number of hydrogen-bond acceptors (Lipinski definition) is 7. The van der Waals surface area contributed by atoms with Crippen molar-refractivity contribution >= 4 is 44.7 Å². The molecular weight excluding hydrogens is 504 g/mol. The molecule has 184 valence electrons. The minimum atomic E-state index is -2.14. The number of ketones is 1. The monoisotopic (exact) mass is 524 g/mol. The van der Waals surface area contributed by atoms with E-state index in [1.807, 2.05) is 18.2 Å². The Morgan fingerprint density at radius 2 is 1.57 bits per heavy atom. The van der Waals surface area contributed by atoms with Gasteiger partial charge in [0.25, 0.3) is 0 Å². The molecule has 3 aromatic carbocycles. The molecule has 11 heteroatoms. The summed E-state index contributed by atoms with van der Waals surface area (Å²) in [5.74, 6) is -11.7. The van der Waals surface area contributed by atoms with Gasteiger partial charge in [0.15, 0.2) is 29.1 Å². The highest BCUT2D eigenvalue weighted by Crippen LogP contribution is 2.42. The van der Waals surface area contributed by atoms with Crippen LogP contribution in [-0.2, 0) is 9.53 Å². The summed E-state index contributed by atoms with van der Waals surface area (Å²) in [6.07, 6.45) is 0. The third-order valence-corrected chi connectivity index (χ3v) is 7.28. The highest BCUT2D eigenvalue weighted by Gasteiger charge is 2.33. The van der Waals surface area contributed by atoms with Crippen LogP contribution in [0, 0.1) is 29.2 Å². The van der Waals surface area contributed by atoms with Crippen LogP contribution in [0.4, 0.5) is 28.9 Å². The number of anilines is 2. The Balaban J connectivity index is 1.83. The minimum absolute atomic E-state index is 0.0845. The number of carbonyl (C=O) groups is 2. The predicted octanol–water partition coefficient (Wildman–Crippen LogP) is 6.10. The number of esters is 1. The number of hydrogen-bond donors (Lipinski definition) is 2. The highest BCUT2D eigenvalue weighted by molar-refractivity contribution is 8.76. The normalized spacial score (nSPS) is 11.7. The van der Waals surface area contributed by atoms with Gasteiger partial charge < -0.3 is 15.8 Å². The van der Waals surface area contributed by atoms with E-state index < -0.39 is 46.5 Å². The van der Waals surface area contributed by atoms with Gasteiger partial charge in [-0.2, -0.15) is 0 Å². The maximum absolute atomic E-state index is 14.2. The fraction of sp³-hybridized carbons (Fsp3) is 0.167. The lowest BCUT2D eigenvalue weighted by atomic mass is 9.96. The van der Waals surface area contributed by atoms with Crippen LogP contribution in [0.1, 0.15) is 17.3 Å². The van der Waals surface area contributed by atoms with E-state index in [1.54, 1.807) is 30.3 Å². The smallest absolute Gasteiger partial charge is 0.318 e. The number of carbonyl (C=O) groups excluding carboxylic acids is 2. The second-order valence-electron chi connectivity index (χ2n) is 7.10. The summed E-state index contributed by atoms with van der Waals surface area (Å²) in [6.45, 7) is 1.05. The topological polar surface area (TPSA) is 81.4 Å². The largest absolute Gasteiger partial charge is 0.465 e. The van der Waals surface area contributed by atoms with E-state index in [9.17, 15) is 27.2 Å². The van der Waals surface area contributed by atoms with Gasteiger partial charge in [-0.3, -0.25) is 9.59 Å². The zero-order valence-corrected chi connectivity index (χ0v) is 20.0. The number of halogens is 4. The van der Waals surface area contributed by atoms with Gasteiger partial charge in [0.1, 0.15) is 5.92 Å². The van der Waals surface area contributed by atoms with Crippen molar-refractivity contribution in [3.8, 4) is 0 Å². The molecule has 1 unspecified atom stereocenters. The molecule has 0 aromatic heterocycles. The van der Waals surface area contributed by atoms with Crippen molar-refractivity contribution in [2.45, 2.75) is 16.7 Å². The quantitative estimate of drug-likeness (QED) is 0.0485. The summed E-state index contributed by atoms with van der Waals surface area (Å²) in [5, 5.41) is 2.94. The van der Waals surface area contributed by atoms with E-state index in [0.717, 1.165) is 9.79 Å². The van der Waals surface area contributed by atoms with E-state index >= 15 is 0 Å². The average Bonchev–Trinajstić information content (AvgIpc) is 2.85. The Morgan fingerprint density at radius 1 is 0.943 bits per heavy atom. The maximum atomic E-state index is 14.2. The van der Waals surface area contributed by atoms with E-state index in [2.05, 4.69) is 5.32 Å². The van der Waals surface area contributed by atoms with Crippen LogP contribution in [-0.4, -0.2) is 24.9 Å². The molecule has 5 nitrogen and oxygen atoms in total. The molecule has 0 aliphatic heterocycles. The Bertz CT molecular complexity index is 1240. The molecular formula is C24H20F4N2O3S2. The molecule has 3 aromatic rings. The van der Waals surface area contributed by atoms with E-state index in [1.165, 1.54) is 28.5 Å². The number of Topliss-reactive ketones (excluding diaryl/α,β-unsaturated/α-hetero) is 1. The third kappa shape index (κ3) is 6.29. The second kappa shape index (κ2) is 12.0. The number of nitrogens with one attached hydrogen (secondary N) is 1. The van der Waals surface area contributed by atoms with Crippen LogP contribution in [0.25, 0.3) is 0 Å². The van der Waals surface area contributed by atoms with Crippen molar-refractivity contribution < 1.29 is 31.9 Å². The lowest BCUT2D eigenvalue weighted by Gasteiger charge is -2.18. The molecule has 0 saturated carbocycles. The SMILES string of the molecule is CCOC(=O)C(CNc1ccccc1SSc1ccccc1N)C(=O)c1cc(F)c(F)c(F)c1F. The summed E-state index contributed by atoms with van der Waals surface area (Å²) in [4.78, 5) is 26.9. The Labute approximate surface area is 206 Å². The Kier molecular flexibility index (Phi) is 9.05. The number of benzene rings is 3. The first kappa shape index (κ1) is 26.4. The number of nitrogen functional groups attached to an aromatic ring is 1. The van der Waals surface area contributed by atoms with Crippen molar-refractivity contribution in [1.29, 1.82) is 0 Å². The highest BCUT2D eigenvalue weighted by atomic mass is 33.1. The van der Waals surface area contributed by atoms with Crippen LogP contribution in [0.5, 0.6) is 0 Å². The maximum Gasteiger partial charge on any atom is 0.318 e. The number of rotatable bonds is 10. The lowest BCUT2D eigenvalue weighted by Crippen LogP contribution is -2.33. The summed E-state index contributed by atoms with van der Waals surface area (Å²) in [5.41, 5.74) is 6.03. The lowest BCUT2D eigenvalue weighted by molar-refractivity contribution is -0.145. The van der Waals surface area contributed by atoms with Gasteiger partial charge in [-0.1, -0.05) is 45.9 Å². The van der Waals surface area contributed by atoms with Crippen molar-refractivity contribution in [3.05, 3.63) is 83.4 Å². The Morgan fingerprint density at radius 3 is 2.26 bits per heavy atom. The van der Waals surface area contributed by atoms with Gasteiger partial charge in [-0.15, -0.1) is 0 Å². The van der Waals surface area contributed by atoms with Crippen molar-refractivity contribution in [2.24, 2.45) is 5.92 Å². The van der Waals surface area contributed by atoms with Crippen molar-refractivity contribution in [1.82, 2.24) is 0 Å². The summed E-state index contributed by atoms with van der Waals surface area (Å²) < 4.78 is 59.8. The first-order valence-electron chi connectivity index (χ1n) is 10.3. The molecule has 0 fully saturated rings. The molecule has 0 heterocycles. The van der Waals surface area contributed by atoms with Crippen LogP contribution in [0.3, 0.4) is 0 Å². The molecule has 3 N–H and O–H groups in total. The van der Waals surface area contributed by atoms with Gasteiger partial charge in [0.05, 0.1) is 12.2 Å². The molecule has 0 aliphatic carbocycles. The summed E-state index contributed by atoms with van der Waals surface area (Å²) in [7, 11) is 2.77. The Hall–Kier alpha value is -3.18. The minimum Gasteiger partial charge on any atom is -0.465 e. The van der Waals surface area contributed by atoms with E-state index in [0.29, 0.717) is 11.4 Å². The van der Waals surface area contributed by atoms with Gasteiger partial charge in [0.2, 0.25) is 0 Å². The first-order valence-corrected chi connectivity index (χ1v) is 12.4. The van der Waals surface area contributed by atoms with Gasteiger partial charge >= 0.3 is 5.97 Å². The number of nitrogens with two attached hydrogens (primary N) is 1. The fourth-order valence-corrected chi connectivity index (χ4v) is 5.28. The molecule has 0 aliphatic rings. The zero-order chi connectivity index (χ0) is 25.5.